The van der Waals surface area contributed by atoms with Crippen LogP contribution >= 0.6 is 11.8 Å². The lowest BCUT2D eigenvalue weighted by Gasteiger charge is -2.12. The minimum absolute atomic E-state index is 0.0237. The van der Waals surface area contributed by atoms with E-state index in [1.54, 1.807) is 18.9 Å². The zero-order valence-corrected chi connectivity index (χ0v) is 17.7. The van der Waals surface area contributed by atoms with Crippen molar-refractivity contribution < 1.29 is 9.53 Å². The highest BCUT2D eigenvalue weighted by atomic mass is 32.2. The lowest BCUT2D eigenvalue weighted by Crippen LogP contribution is -2.31. The Morgan fingerprint density at radius 3 is 2.52 bits per heavy atom. The van der Waals surface area contributed by atoms with Crippen molar-refractivity contribution in [2.75, 3.05) is 13.7 Å². The fourth-order valence-corrected chi connectivity index (χ4v) is 3.46. The van der Waals surface area contributed by atoms with Crippen LogP contribution in [-0.4, -0.2) is 40.4 Å². The number of rotatable bonds is 10. The molecule has 0 bridgehead atoms. The molecule has 1 aromatic carbocycles. The van der Waals surface area contributed by atoms with Gasteiger partial charge in [0.1, 0.15) is 5.82 Å². The zero-order chi connectivity index (χ0) is 19.8. The number of methoxy groups -OCH3 is 1. The summed E-state index contributed by atoms with van der Waals surface area (Å²) >= 11 is 1.65. The van der Waals surface area contributed by atoms with Crippen molar-refractivity contribution in [3.05, 3.63) is 41.2 Å². The molecule has 0 fully saturated rings. The first kappa shape index (κ1) is 21.4. The molecule has 0 aliphatic heterocycles. The maximum absolute atomic E-state index is 12.2. The second-order valence-corrected chi connectivity index (χ2v) is 7.85. The van der Waals surface area contributed by atoms with Gasteiger partial charge in [-0.3, -0.25) is 4.79 Å². The molecule has 2 aromatic rings. The molecule has 0 spiro atoms. The molecule has 27 heavy (non-hydrogen) atoms. The third-order valence-corrected chi connectivity index (χ3v) is 5.39. The Labute approximate surface area is 166 Å². The van der Waals surface area contributed by atoms with Crippen LogP contribution in [0.15, 0.2) is 29.4 Å². The molecular weight excluding hydrogens is 360 g/mol. The fraction of sp³-hybridized carbons (Fsp3) is 0.550. The third kappa shape index (κ3) is 6.07. The molecule has 148 valence electrons. The van der Waals surface area contributed by atoms with Gasteiger partial charge in [-0.1, -0.05) is 44.7 Å². The zero-order valence-electron chi connectivity index (χ0n) is 16.9. The molecule has 7 heteroatoms. The van der Waals surface area contributed by atoms with E-state index < -0.39 is 0 Å². The van der Waals surface area contributed by atoms with Crippen molar-refractivity contribution in [2.45, 2.75) is 63.5 Å². The summed E-state index contributed by atoms with van der Waals surface area (Å²) in [5.41, 5.74) is 1.84. The summed E-state index contributed by atoms with van der Waals surface area (Å²) in [6.07, 6.45) is 0.919. The lowest BCUT2D eigenvalue weighted by molar-refractivity contribution is 0.0939. The summed E-state index contributed by atoms with van der Waals surface area (Å²) in [5.74, 6) is 2.04. The first-order valence-corrected chi connectivity index (χ1v) is 10.4. The summed E-state index contributed by atoms with van der Waals surface area (Å²) < 4.78 is 7.35. The number of aromatic nitrogens is 3. The second kappa shape index (κ2) is 10.5. The van der Waals surface area contributed by atoms with Crippen molar-refractivity contribution in [1.82, 2.24) is 20.1 Å². The highest BCUT2D eigenvalue weighted by molar-refractivity contribution is 7.98. The highest BCUT2D eigenvalue weighted by Gasteiger charge is 2.15. The second-order valence-electron chi connectivity index (χ2n) is 6.91. The van der Waals surface area contributed by atoms with Crippen LogP contribution in [0.3, 0.4) is 0 Å². The van der Waals surface area contributed by atoms with Crippen molar-refractivity contribution in [2.24, 2.45) is 0 Å². The Morgan fingerprint density at radius 2 is 1.93 bits per heavy atom. The third-order valence-electron chi connectivity index (χ3n) is 4.35. The number of nitrogens with one attached hydrogen (secondary N) is 1. The predicted molar refractivity (Wildman–Crippen MR) is 109 cm³/mol. The van der Waals surface area contributed by atoms with Crippen LogP contribution in [0.4, 0.5) is 0 Å². The first-order valence-electron chi connectivity index (χ1n) is 9.40. The number of hydrogen-bond acceptors (Lipinski definition) is 5. The van der Waals surface area contributed by atoms with Gasteiger partial charge in [0.2, 0.25) is 0 Å². The smallest absolute Gasteiger partial charge is 0.251 e. The van der Waals surface area contributed by atoms with Gasteiger partial charge in [-0.15, -0.1) is 10.2 Å². The molecule has 1 atom stereocenters. The van der Waals surface area contributed by atoms with Gasteiger partial charge in [-0.05, 0) is 31.0 Å². The van der Waals surface area contributed by atoms with Crippen molar-refractivity contribution in [3.63, 3.8) is 0 Å². The standard InChI is InChI=1S/C20H30N4O2S/c1-6-15(4)21-19(25)17-9-7-16(8-10-17)13-27-20-23-22-18(14(2)3)24(20)11-12-26-5/h7-10,14-15H,6,11-13H2,1-5H3,(H,21,25)/t15-/m0/s1. The Bertz CT molecular complexity index is 728. The van der Waals surface area contributed by atoms with Crippen molar-refractivity contribution >= 4 is 17.7 Å². The van der Waals surface area contributed by atoms with Gasteiger partial charge in [-0.2, -0.15) is 0 Å². The summed E-state index contributed by atoms with van der Waals surface area (Å²) in [7, 11) is 1.70. The monoisotopic (exact) mass is 390 g/mol. The average Bonchev–Trinajstić information content (AvgIpc) is 3.07. The summed E-state index contributed by atoms with van der Waals surface area (Å²) in [6.45, 7) is 9.67. The summed E-state index contributed by atoms with van der Waals surface area (Å²) in [5, 5.41) is 12.6. The number of amides is 1. The molecule has 2 rings (SSSR count). The van der Waals surface area contributed by atoms with Gasteiger partial charge in [0.25, 0.3) is 5.91 Å². The molecule has 6 nitrogen and oxygen atoms in total. The topological polar surface area (TPSA) is 69.0 Å². The van der Waals surface area contributed by atoms with Gasteiger partial charge in [-0.25, -0.2) is 0 Å². The number of carbonyl (C=O) groups is 1. The first-order chi connectivity index (χ1) is 13.0. The SMILES string of the molecule is CC[C@H](C)NC(=O)c1ccc(CSc2nnc(C(C)C)n2CCOC)cc1. The Hall–Kier alpha value is -1.86. The van der Waals surface area contributed by atoms with Gasteiger partial charge in [0.15, 0.2) is 5.16 Å². The van der Waals surface area contributed by atoms with Gasteiger partial charge in [0.05, 0.1) is 6.61 Å². The van der Waals surface area contributed by atoms with E-state index in [0.29, 0.717) is 18.1 Å². The van der Waals surface area contributed by atoms with E-state index in [9.17, 15) is 4.79 Å². The molecule has 0 saturated heterocycles. The van der Waals surface area contributed by atoms with E-state index in [-0.39, 0.29) is 11.9 Å². The largest absolute Gasteiger partial charge is 0.383 e. The van der Waals surface area contributed by atoms with E-state index in [4.69, 9.17) is 4.74 Å². The van der Waals surface area contributed by atoms with E-state index in [2.05, 4.69) is 40.9 Å². The van der Waals surface area contributed by atoms with E-state index >= 15 is 0 Å². The number of ether oxygens (including phenoxy) is 1. The van der Waals surface area contributed by atoms with Gasteiger partial charge < -0.3 is 14.6 Å². The van der Waals surface area contributed by atoms with Crippen LogP contribution < -0.4 is 5.32 Å². The van der Waals surface area contributed by atoms with Crippen LogP contribution in [0.1, 0.15) is 61.8 Å². The fourth-order valence-electron chi connectivity index (χ4n) is 2.54. The Balaban J connectivity index is 2.01. The molecule has 1 heterocycles. The molecule has 0 aliphatic carbocycles. The maximum atomic E-state index is 12.2. The minimum Gasteiger partial charge on any atom is -0.383 e. The number of benzene rings is 1. The van der Waals surface area contributed by atoms with Crippen LogP contribution in [0.5, 0.6) is 0 Å². The van der Waals surface area contributed by atoms with Crippen molar-refractivity contribution in [1.29, 1.82) is 0 Å². The molecular formula is C20H30N4O2S. The number of thioether (sulfide) groups is 1. The number of hydrogen-bond donors (Lipinski definition) is 1. The normalized spacial score (nSPS) is 12.4. The molecule has 1 aromatic heterocycles. The van der Waals surface area contributed by atoms with E-state index in [1.165, 1.54) is 0 Å². The molecule has 0 radical (unpaired) electrons. The average molecular weight is 391 g/mol. The summed E-state index contributed by atoms with van der Waals surface area (Å²) in [4.78, 5) is 12.2. The van der Waals surface area contributed by atoms with Crippen LogP contribution in [0.25, 0.3) is 0 Å². The van der Waals surface area contributed by atoms with Gasteiger partial charge >= 0.3 is 0 Å². The number of carbonyl (C=O) groups excluding carboxylic acids is 1. The van der Waals surface area contributed by atoms with Crippen LogP contribution in [0, 0.1) is 0 Å². The molecule has 1 amide bonds. The molecule has 0 saturated carbocycles. The van der Waals surface area contributed by atoms with Crippen LogP contribution in [0.2, 0.25) is 0 Å². The van der Waals surface area contributed by atoms with E-state index in [1.807, 2.05) is 31.2 Å². The molecule has 0 unspecified atom stereocenters. The molecule has 1 N–H and O–H groups in total. The summed E-state index contributed by atoms with van der Waals surface area (Å²) in [6, 6.07) is 7.93. The quantitative estimate of drug-likeness (QED) is 0.624. The van der Waals surface area contributed by atoms with Crippen molar-refractivity contribution in [3.8, 4) is 0 Å². The van der Waals surface area contributed by atoms with Gasteiger partial charge in [0, 0.05) is 36.9 Å². The van der Waals surface area contributed by atoms with E-state index in [0.717, 1.165) is 35.3 Å². The Morgan fingerprint density at radius 1 is 1.22 bits per heavy atom. The predicted octanol–water partition coefficient (Wildman–Crippen LogP) is 3.87. The maximum Gasteiger partial charge on any atom is 0.251 e. The van der Waals surface area contributed by atoms with Crippen LogP contribution in [-0.2, 0) is 17.0 Å². The number of nitrogens with zero attached hydrogens (tertiary/aromatic N) is 3. The highest BCUT2D eigenvalue weighted by Crippen LogP contribution is 2.24. The minimum atomic E-state index is -0.0237. The lowest BCUT2D eigenvalue weighted by atomic mass is 10.1. The Kier molecular flexibility index (Phi) is 8.31. The molecule has 0 aliphatic rings.